The number of nitrogens with one attached hydrogen (secondary N) is 1. The van der Waals surface area contributed by atoms with Crippen LogP contribution >= 0.6 is 24.0 Å². The number of rotatable bonds is 2. The summed E-state index contributed by atoms with van der Waals surface area (Å²) >= 11 is 6.26. The van der Waals surface area contributed by atoms with Crippen LogP contribution in [0.3, 0.4) is 0 Å². The second-order valence-corrected chi connectivity index (χ2v) is 7.14. The number of fused-ring (bicyclic) bond motifs is 1. The number of nitrogens with zero attached hydrogens (tertiary/aromatic N) is 2. The zero-order chi connectivity index (χ0) is 17.4. The van der Waals surface area contributed by atoms with Crippen molar-refractivity contribution in [2.75, 3.05) is 5.73 Å². The molecule has 2 aromatic carbocycles. The van der Waals surface area contributed by atoms with E-state index in [4.69, 9.17) is 18.0 Å². The van der Waals surface area contributed by atoms with E-state index >= 15 is 0 Å². The molecule has 0 atom stereocenters. The van der Waals surface area contributed by atoms with Crippen LogP contribution in [0.4, 0.5) is 5.82 Å². The molecule has 3 aromatic rings. The maximum absolute atomic E-state index is 11.8. The maximum Gasteiger partial charge on any atom is 0.263 e. The number of nitrogens with two attached hydrogens (primary N) is 1. The lowest BCUT2D eigenvalue weighted by Crippen LogP contribution is -2.17. The van der Waals surface area contributed by atoms with Crippen LogP contribution < -0.4 is 11.1 Å². The van der Waals surface area contributed by atoms with Gasteiger partial charge in [0.25, 0.3) is 5.91 Å². The van der Waals surface area contributed by atoms with Crippen molar-refractivity contribution in [3.63, 3.8) is 0 Å². The number of aromatic nitrogens is 2. The van der Waals surface area contributed by atoms with Crippen LogP contribution in [0.2, 0.25) is 0 Å². The standard InChI is InChI=1S/C18H12N4OS2/c19-16-15(20-12-6-1-2-7-13(12)21-16)11-5-3-4-10(8-11)9-14-17(23)22-18(24)25-14/h1-9H,(H2,19,21)(H,22,23,24)/b14-9-. The third-order valence-electron chi connectivity index (χ3n) is 3.70. The Labute approximate surface area is 153 Å². The summed E-state index contributed by atoms with van der Waals surface area (Å²) in [5.74, 6) is 0.197. The molecule has 1 aliphatic rings. The van der Waals surface area contributed by atoms with Crippen LogP contribution in [0.25, 0.3) is 28.4 Å². The first-order chi connectivity index (χ1) is 12.1. The van der Waals surface area contributed by atoms with Crippen molar-refractivity contribution in [2.24, 2.45) is 0 Å². The number of amides is 1. The zero-order valence-electron chi connectivity index (χ0n) is 12.9. The summed E-state index contributed by atoms with van der Waals surface area (Å²) in [7, 11) is 0. The predicted molar refractivity (Wildman–Crippen MR) is 106 cm³/mol. The van der Waals surface area contributed by atoms with Crippen LogP contribution in [-0.4, -0.2) is 20.2 Å². The molecule has 0 aliphatic carbocycles. The summed E-state index contributed by atoms with van der Waals surface area (Å²) in [5.41, 5.74) is 9.98. The minimum atomic E-state index is -0.176. The highest BCUT2D eigenvalue weighted by atomic mass is 32.2. The molecule has 25 heavy (non-hydrogen) atoms. The summed E-state index contributed by atoms with van der Waals surface area (Å²) < 4.78 is 0.469. The Balaban J connectivity index is 1.77. The van der Waals surface area contributed by atoms with Crippen molar-refractivity contribution < 1.29 is 4.79 Å². The van der Waals surface area contributed by atoms with Crippen LogP contribution in [-0.2, 0) is 4.79 Å². The van der Waals surface area contributed by atoms with Crippen LogP contribution in [0, 0.1) is 0 Å². The number of hydrogen-bond acceptors (Lipinski definition) is 6. The van der Waals surface area contributed by atoms with E-state index in [-0.39, 0.29) is 5.91 Å². The summed E-state index contributed by atoms with van der Waals surface area (Å²) in [6.45, 7) is 0. The van der Waals surface area contributed by atoms with E-state index in [9.17, 15) is 4.79 Å². The van der Waals surface area contributed by atoms with E-state index in [1.54, 1.807) is 6.08 Å². The highest BCUT2D eigenvalue weighted by Gasteiger charge is 2.22. The van der Waals surface area contributed by atoms with Crippen molar-refractivity contribution >= 4 is 57.1 Å². The second kappa shape index (κ2) is 6.27. The summed E-state index contributed by atoms with van der Waals surface area (Å²) in [6.07, 6.45) is 1.80. The fraction of sp³-hybridized carbons (Fsp3) is 0. The van der Waals surface area contributed by atoms with Gasteiger partial charge in [0, 0.05) is 5.56 Å². The number of carbonyl (C=O) groups is 1. The number of thioether (sulfide) groups is 1. The van der Waals surface area contributed by atoms with Gasteiger partial charge in [-0.2, -0.15) is 0 Å². The quantitative estimate of drug-likeness (QED) is 0.536. The number of benzene rings is 2. The molecule has 0 saturated carbocycles. The number of hydrogen-bond donors (Lipinski definition) is 2. The number of nitrogen functional groups attached to an aromatic ring is 1. The number of thiocarbonyl (C=S) groups is 1. The topological polar surface area (TPSA) is 80.9 Å². The van der Waals surface area contributed by atoms with E-state index in [0.29, 0.717) is 20.7 Å². The van der Waals surface area contributed by atoms with E-state index in [2.05, 4.69) is 15.3 Å². The molecule has 0 spiro atoms. The SMILES string of the molecule is Nc1nc2ccccc2nc1-c1cccc(/C=C2\SC(=S)NC2=O)c1. The smallest absolute Gasteiger partial charge is 0.263 e. The van der Waals surface area contributed by atoms with E-state index in [1.807, 2.05) is 48.5 Å². The number of para-hydroxylation sites is 2. The van der Waals surface area contributed by atoms with Crippen LogP contribution in [0.1, 0.15) is 5.56 Å². The molecular weight excluding hydrogens is 352 g/mol. The monoisotopic (exact) mass is 364 g/mol. The van der Waals surface area contributed by atoms with E-state index in [1.165, 1.54) is 11.8 Å². The maximum atomic E-state index is 11.8. The van der Waals surface area contributed by atoms with Gasteiger partial charge in [-0.25, -0.2) is 9.97 Å². The third kappa shape index (κ3) is 3.11. The lowest BCUT2D eigenvalue weighted by Gasteiger charge is -2.07. The molecule has 4 rings (SSSR count). The van der Waals surface area contributed by atoms with Crippen molar-refractivity contribution in [1.82, 2.24) is 15.3 Å². The molecule has 1 fully saturated rings. The first-order valence-corrected chi connectivity index (χ1v) is 8.70. The molecule has 0 unspecified atom stereocenters. The average Bonchev–Trinajstić information content (AvgIpc) is 2.91. The van der Waals surface area contributed by atoms with Gasteiger partial charge in [-0.1, -0.05) is 54.3 Å². The molecule has 7 heteroatoms. The Bertz CT molecular complexity index is 1060. The Morgan fingerprint density at radius 3 is 2.56 bits per heavy atom. The van der Waals surface area contributed by atoms with Crippen molar-refractivity contribution in [1.29, 1.82) is 0 Å². The van der Waals surface area contributed by atoms with Crippen molar-refractivity contribution in [2.45, 2.75) is 0 Å². The third-order valence-corrected chi connectivity index (χ3v) is 4.86. The molecule has 1 aliphatic heterocycles. The summed E-state index contributed by atoms with van der Waals surface area (Å²) in [4.78, 5) is 21.4. The fourth-order valence-electron chi connectivity index (χ4n) is 2.57. The van der Waals surface area contributed by atoms with Gasteiger partial charge in [0.05, 0.1) is 15.9 Å². The van der Waals surface area contributed by atoms with Gasteiger partial charge in [0.1, 0.15) is 10.0 Å². The molecular formula is C18H12N4OS2. The minimum Gasteiger partial charge on any atom is -0.382 e. The second-order valence-electron chi connectivity index (χ2n) is 5.42. The Kier molecular flexibility index (Phi) is 3.95. The molecule has 1 aromatic heterocycles. The normalized spacial score (nSPS) is 15.8. The van der Waals surface area contributed by atoms with Gasteiger partial charge in [0.15, 0.2) is 5.82 Å². The highest BCUT2D eigenvalue weighted by Crippen LogP contribution is 2.29. The van der Waals surface area contributed by atoms with Gasteiger partial charge < -0.3 is 11.1 Å². The first kappa shape index (κ1) is 15.7. The van der Waals surface area contributed by atoms with E-state index < -0.39 is 0 Å². The van der Waals surface area contributed by atoms with Gasteiger partial charge in [-0.15, -0.1) is 0 Å². The summed E-state index contributed by atoms with van der Waals surface area (Å²) in [5, 5.41) is 2.61. The average molecular weight is 364 g/mol. The minimum absolute atomic E-state index is 0.176. The Morgan fingerprint density at radius 1 is 1.08 bits per heavy atom. The predicted octanol–water partition coefficient (Wildman–Crippen LogP) is 3.37. The summed E-state index contributed by atoms with van der Waals surface area (Å²) in [6, 6.07) is 15.2. The zero-order valence-corrected chi connectivity index (χ0v) is 14.5. The molecule has 1 saturated heterocycles. The molecule has 5 nitrogen and oxygen atoms in total. The molecule has 122 valence electrons. The van der Waals surface area contributed by atoms with Gasteiger partial charge in [-0.3, -0.25) is 4.79 Å². The molecule has 1 amide bonds. The number of anilines is 1. The lowest BCUT2D eigenvalue weighted by molar-refractivity contribution is -0.115. The van der Waals surface area contributed by atoms with Gasteiger partial charge in [-0.05, 0) is 29.8 Å². The van der Waals surface area contributed by atoms with Crippen molar-refractivity contribution in [3.05, 3.63) is 59.0 Å². The largest absolute Gasteiger partial charge is 0.382 e. The lowest BCUT2D eigenvalue weighted by atomic mass is 10.1. The van der Waals surface area contributed by atoms with Gasteiger partial charge >= 0.3 is 0 Å². The fourth-order valence-corrected chi connectivity index (χ4v) is 3.62. The Morgan fingerprint density at radius 2 is 1.84 bits per heavy atom. The highest BCUT2D eigenvalue weighted by molar-refractivity contribution is 8.26. The molecule has 0 radical (unpaired) electrons. The first-order valence-electron chi connectivity index (χ1n) is 7.48. The van der Waals surface area contributed by atoms with Gasteiger partial charge in [0.2, 0.25) is 0 Å². The van der Waals surface area contributed by atoms with Crippen molar-refractivity contribution in [3.8, 4) is 11.3 Å². The molecule has 2 heterocycles. The van der Waals surface area contributed by atoms with Crippen LogP contribution in [0.15, 0.2) is 53.4 Å². The van der Waals surface area contributed by atoms with E-state index in [0.717, 1.165) is 22.2 Å². The van der Waals surface area contributed by atoms with Crippen LogP contribution in [0.5, 0.6) is 0 Å². The number of carbonyl (C=O) groups excluding carboxylic acids is 1. The molecule has 3 N–H and O–H groups in total. The Hall–Kier alpha value is -2.77. The molecule has 0 bridgehead atoms.